The van der Waals surface area contributed by atoms with Crippen molar-refractivity contribution in [1.29, 1.82) is 0 Å². The maximum Gasteiger partial charge on any atom is 0.406 e. The molecule has 0 bridgehead atoms. The highest BCUT2D eigenvalue weighted by Gasteiger charge is 2.23. The number of nitrogens with zero attached hydrogens (tertiary/aromatic N) is 1. The fourth-order valence-electron chi connectivity index (χ4n) is 3.86. The molecule has 0 aromatic heterocycles. The maximum atomic E-state index is 12.6. The molecule has 13 heteroatoms. The molecule has 0 aliphatic carbocycles. The Morgan fingerprint density at radius 1 is 1.02 bits per heavy atom. The van der Waals surface area contributed by atoms with E-state index in [4.69, 9.17) is 15.3 Å². The third-order valence-electron chi connectivity index (χ3n) is 6.13. The van der Waals surface area contributed by atoms with Gasteiger partial charge in [0.15, 0.2) is 0 Å². The predicted molar refractivity (Wildman–Crippen MR) is 160 cm³/mol. The number of likely N-dealkylation sites (N-methyl/N-ethyl adjacent to an activating group) is 1. The molecule has 0 saturated carbocycles. The summed E-state index contributed by atoms with van der Waals surface area (Å²) in [5, 5.41) is 15.1. The summed E-state index contributed by atoms with van der Waals surface area (Å²) in [6.45, 7) is 6.01. The van der Waals surface area contributed by atoms with Crippen LogP contribution in [0.1, 0.15) is 68.3 Å². The van der Waals surface area contributed by atoms with Crippen LogP contribution in [-0.4, -0.2) is 82.6 Å². The first-order chi connectivity index (χ1) is 20.2. The molecular formula is C29H48N6O7. The number of oxime groups is 1. The zero-order chi connectivity index (χ0) is 31.2. The van der Waals surface area contributed by atoms with Gasteiger partial charge in [0.2, 0.25) is 11.8 Å². The predicted octanol–water partition coefficient (Wildman–Crippen LogP) is 1.85. The molecule has 1 aromatic carbocycles. The maximum absolute atomic E-state index is 12.6. The molecule has 13 nitrogen and oxygen atoms in total. The van der Waals surface area contributed by atoms with Gasteiger partial charge < -0.3 is 41.3 Å². The Bertz CT molecular complexity index is 989. The first kappa shape index (κ1) is 36.3. The first-order valence-corrected chi connectivity index (χ1v) is 14.3. The van der Waals surface area contributed by atoms with Gasteiger partial charge in [0.1, 0.15) is 12.6 Å². The number of hydrogen-bond acceptors (Lipinski definition) is 9. The number of alkyl carbamates (subject to hydrolysis) is 1. The molecular weight excluding hydrogens is 544 g/mol. The lowest BCUT2D eigenvalue weighted by Crippen LogP contribution is -2.51. The van der Waals surface area contributed by atoms with Gasteiger partial charge in [-0.05, 0) is 69.2 Å². The summed E-state index contributed by atoms with van der Waals surface area (Å²) in [7, 11) is 3.02. The van der Waals surface area contributed by atoms with Crippen molar-refractivity contribution < 1.29 is 33.5 Å². The lowest BCUT2D eigenvalue weighted by molar-refractivity contribution is -0.129. The molecule has 6 N–H and O–H groups in total. The lowest BCUT2D eigenvalue weighted by atomic mass is 10.0. The highest BCUT2D eigenvalue weighted by molar-refractivity contribution is 5.94. The summed E-state index contributed by atoms with van der Waals surface area (Å²) in [6, 6.07) is 5.94. The van der Waals surface area contributed by atoms with Crippen molar-refractivity contribution in [3.8, 4) is 0 Å². The molecule has 0 unspecified atom stereocenters. The van der Waals surface area contributed by atoms with Gasteiger partial charge >= 0.3 is 6.09 Å². The number of benzene rings is 1. The quantitative estimate of drug-likeness (QED) is 0.0768. The summed E-state index contributed by atoms with van der Waals surface area (Å²) < 4.78 is 9.85. The van der Waals surface area contributed by atoms with Gasteiger partial charge in [-0.15, -0.1) is 0 Å². The smallest absolute Gasteiger partial charge is 0.406 e. The fourth-order valence-corrected chi connectivity index (χ4v) is 3.86. The molecule has 1 rings (SSSR count). The van der Waals surface area contributed by atoms with Crippen LogP contribution in [0, 0.1) is 5.92 Å². The van der Waals surface area contributed by atoms with E-state index in [-0.39, 0.29) is 24.5 Å². The van der Waals surface area contributed by atoms with Crippen molar-refractivity contribution >= 4 is 30.0 Å². The van der Waals surface area contributed by atoms with E-state index in [1.54, 1.807) is 31.5 Å². The average molecular weight is 593 g/mol. The Kier molecular flexibility index (Phi) is 19.0. The van der Waals surface area contributed by atoms with Crippen LogP contribution in [0.3, 0.4) is 0 Å². The van der Waals surface area contributed by atoms with Gasteiger partial charge in [0.25, 0.3) is 5.91 Å². The Morgan fingerprint density at radius 3 is 2.50 bits per heavy atom. The monoisotopic (exact) mass is 592 g/mol. The van der Waals surface area contributed by atoms with E-state index in [2.05, 4.69) is 31.2 Å². The molecule has 1 aromatic rings. The average Bonchev–Trinajstić information content (AvgIpc) is 2.97. The van der Waals surface area contributed by atoms with Crippen LogP contribution in [0.5, 0.6) is 0 Å². The van der Waals surface area contributed by atoms with E-state index in [9.17, 15) is 19.2 Å². The molecule has 0 spiro atoms. The van der Waals surface area contributed by atoms with E-state index < -0.39 is 18.0 Å². The molecule has 0 aliphatic rings. The number of unbranched alkanes of at least 4 members (excludes halogenated alkanes) is 2. The first-order valence-electron chi connectivity index (χ1n) is 14.3. The summed E-state index contributed by atoms with van der Waals surface area (Å²) in [5.41, 5.74) is 6.80. The minimum absolute atomic E-state index is 0.215. The minimum Gasteiger partial charge on any atom is -0.453 e. The second kappa shape index (κ2) is 22.0. The normalized spacial score (nSPS) is 12.5. The zero-order valence-corrected chi connectivity index (χ0v) is 25.3. The lowest BCUT2D eigenvalue weighted by Gasteiger charge is -2.21. The highest BCUT2D eigenvalue weighted by atomic mass is 16.6. The van der Waals surface area contributed by atoms with Gasteiger partial charge in [-0.25, -0.2) is 4.79 Å². The van der Waals surface area contributed by atoms with Crippen LogP contribution < -0.4 is 27.0 Å². The van der Waals surface area contributed by atoms with Crippen molar-refractivity contribution in [2.75, 3.05) is 40.5 Å². The number of hydrogen-bond donors (Lipinski definition) is 5. The Labute approximate surface area is 248 Å². The second-order valence-corrected chi connectivity index (χ2v) is 10.1. The number of primary amides is 1. The van der Waals surface area contributed by atoms with Gasteiger partial charge in [-0.1, -0.05) is 31.1 Å². The van der Waals surface area contributed by atoms with Crippen LogP contribution in [0.15, 0.2) is 29.4 Å². The summed E-state index contributed by atoms with van der Waals surface area (Å²) in [6.07, 6.45) is 4.88. The largest absolute Gasteiger partial charge is 0.453 e. The number of nitrogens with two attached hydrogens (primary N) is 1. The van der Waals surface area contributed by atoms with Crippen molar-refractivity contribution in [3.63, 3.8) is 0 Å². The SMILES string of the molecule is CN[C@@H](CC(C)C)C(=O)N[C@@H](CCCCNC(=O)c1cccc(CO/N=C/CCCOCCNC(=O)OC)c1)C(N)=O. The van der Waals surface area contributed by atoms with E-state index >= 15 is 0 Å². The Balaban J connectivity index is 2.29. The van der Waals surface area contributed by atoms with Crippen LogP contribution in [-0.2, 0) is 30.5 Å². The number of methoxy groups -OCH3 is 1. The fraction of sp³-hybridized carbons (Fsp3) is 0.621. The van der Waals surface area contributed by atoms with Crippen molar-refractivity contribution in [2.45, 2.75) is 71.1 Å². The van der Waals surface area contributed by atoms with E-state index in [1.165, 1.54) is 7.11 Å². The summed E-state index contributed by atoms with van der Waals surface area (Å²) in [5.74, 6) is -0.715. The van der Waals surface area contributed by atoms with Crippen LogP contribution in [0.25, 0.3) is 0 Å². The van der Waals surface area contributed by atoms with Crippen LogP contribution in [0.4, 0.5) is 4.79 Å². The second-order valence-electron chi connectivity index (χ2n) is 10.1. The van der Waals surface area contributed by atoms with Gasteiger partial charge in [0.05, 0.1) is 19.8 Å². The molecule has 236 valence electrons. The van der Waals surface area contributed by atoms with Crippen molar-refractivity contribution in [2.24, 2.45) is 16.8 Å². The Hall–Kier alpha value is -3.71. The van der Waals surface area contributed by atoms with Gasteiger partial charge in [0, 0.05) is 31.5 Å². The number of rotatable bonds is 22. The third kappa shape index (κ3) is 16.5. The molecule has 0 saturated heterocycles. The number of carbonyl (C=O) groups excluding carboxylic acids is 4. The number of nitrogens with one attached hydrogen (secondary N) is 4. The van der Waals surface area contributed by atoms with Gasteiger partial charge in [-0.2, -0.15) is 0 Å². The zero-order valence-electron chi connectivity index (χ0n) is 25.3. The molecule has 4 amide bonds. The van der Waals surface area contributed by atoms with Crippen molar-refractivity contribution in [3.05, 3.63) is 35.4 Å². The Morgan fingerprint density at radius 2 is 1.81 bits per heavy atom. The highest BCUT2D eigenvalue weighted by Crippen LogP contribution is 2.09. The summed E-state index contributed by atoms with van der Waals surface area (Å²) in [4.78, 5) is 53.2. The number of amides is 4. The van der Waals surface area contributed by atoms with E-state index in [0.29, 0.717) is 69.9 Å². The molecule has 0 aliphatic heterocycles. The summed E-state index contributed by atoms with van der Waals surface area (Å²) >= 11 is 0. The number of ether oxygens (including phenoxy) is 2. The van der Waals surface area contributed by atoms with Crippen molar-refractivity contribution in [1.82, 2.24) is 21.3 Å². The molecule has 42 heavy (non-hydrogen) atoms. The van der Waals surface area contributed by atoms with E-state index in [0.717, 1.165) is 12.0 Å². The third-order valence-corrected chi connectivity index (χ3v) is 6.13. The number of carbonyl (C=O) groups is 4. The van der Waals surface area contributed by atoms with Crippen LogP contribution >= 0.6 is 0 Å². The standard InChI is InChI=1S/C29H48N6O7/c1-21(2)18-25(31-3)28(38)35-24(26(30)36)12-5-6-13-32-27(37)23-11-9-10-22(19-23)20-42-34-14-7-8-16-41-17-15-33-29(39)40-4/h9-11,14,19,21,24-25,31H,5-8,12-13,15-18,20H2,1-4H3,(H2,30,36)(H,32,37)(H,33,39)(H,35,38)/b34-14+/t24-,25-/m0/s1. The molecule has 0 fully saturated rings. The minimum atomic E-state index is -0.759. The van der Waals surface area contributed by atoms with Crippen LogP contribution in [0.2, 0.25) is 0 Å². The molecule has 0 heterocycles. The van der Waals surface area contributed by atoms with Gasteiger partial charge in [-0.3, -0.25) is 14.4 Å². The molecule has 2 atom stereocenters. The molecule has 0 radical (unpaired) electrons. The van der Waals surface area contributed by atoms with E-state index in [1.807, 2.05) is 19.9 Å². The topological polar surface area (TPSA) is 182 Å².